The van der Waals surface area contributed by atoms with Crippen molar-refractivity contribution in [1.29, 1.82) is 0 Å². The van der Waals surface area contributed by atoms with Crippen LogP contribution < -0.4 is 0 Å². The van der Waals surface area contributed by atoms with E-state index in [0.29, 0.717) is 11.4 Å². The lowest BCUT2D eigenvalue weighted by Gasteiger charge is -2.10. The third kappa shape index (κ3) is 3.29. The van der Waals surface area contributed by atoms with Gasteiger partial charge in [-0.1, -0.05) is 29.8 Å². The number of benzene rings is 1. The maximum Gasteiger partial charge on any atom is 0.0845 e. The second kappa shape index (κ2) is 5.30. The van der Waals surface area contributed by atoms with Gasteiger partial charge in [0.1, 0.15) is 0 Å². The van der Waals surface area contributed by atoms with E-state index in [9.17, 15) is 5.11 Å². The Bertz CT molecular complexity index is 479. The minimum Gasteiger partial charge on any atom is -0.388 e. The molecular weight excluding hydrogens is 234 g/mol. The zero-order chi connectivity index (χ0) is 12.3. The van der Waals surface area contributed by atoms with Crippen molar-refractivity contribution < 1.29 is 5.11 Å². The summed E-state index contributed by atoms with van der Waals surface area (Å²) in [6, 6.07) is 11.2. The Kier molecular flexibility index (Phi) is 3.77. The quantitative estimate of drug-likeness (QED) is 0.903. The Morgan fingerprint density at radius 3 is 2.47 bits per heavy atom. The van der Waals surface area contributed by atoms with Crippen molar-refractivity contribution in [1.82, 2.24) is 4.98 Å². The van der Waals surface area contributed by atoms with E-state index in [2.05, 4.69) is 4.98 Å². The largest absolute Gasteiger partial charge is 0.388 e. The van der Waals surface area contributed by atoms with E-state index >= 15 is 0 Å². The molecule has 2 rings (SSSR count). The molecule has 1 aromatic carbocycles. The maximum atomic E-state index is 10.1. The highest BCUT2D eigenvalue weighted by Gasteiger charge is 2.09. The van der Waals surface area contributed by atoms with E-state index < -0.39 is 6.10 Å². The van der Waals surface area contributed by atoms with Crippen molar-refractivity contribution in [2.24, 2.45) is 0 Å². The van der Waals surface area contributed by atoms with Crippen LogP contribution in [0.1, 0.15) is 22.9 Å². The molecule has 17 heavy (non-hydrogen) atoms. The van der Waals surface area contributed by atoms with E-state index in [0.717, 1.165) is 16.8 Å². The van der Waals surface area contributed by atoms with Gasteiger partial charge in [-0.25, -0.2) is 0 Å². The van der Waals surface area contributed by atoms with Gasteiger partial charge in [0.05, 0.1) is 6.10 Å². The SMILES string of the molecule is Cc1ccc(CC(O)c2ccc(Cl)cc2)nc1. The van der Waals surface area contributed by atoms with E-state index in [4.69, 9.17) is 11.6 Å². The molecule has 3 heteroatoms. The average molecular weight is 248 g/mol. The second-order valence-electron chi connectivity index (χ2n) is 4.10. The molecule has 2 aromatic rings. The molecule has 1 unspecified atom stereocenters. The molecule has 0 bridgehead atoms. The molecule has 2 nitrogen and oxygen atoms in total. The Morgan fingerprint density at radius 2 is 1.88 bits per heavy atom. The van der Waals surface area contributed by atoms with Gasteiger partial charge in [-0.05, 0) is 36.2 Å². The molecule has 0 aliphatic heterocycles. The van der Waals surface area contributed by atoms with Crippen LogP contribution >= 0.6 is 11.6 Å². The van der Waals surface area contributed by atoms with Gasteiger partial charge in [0.15, 0.2) is 0 Å². The molecule has 1 atom stereocenters. The summed E-state index contributed by atoms with van der Waals surface area (Å²) in [7, 11) is 0. The zero-order valence-electron chi connectivity index (χ0n) is 9.60. The molecule has 1 aromatic heterocycles. The van der Waals surface area contributed by atoms with Crippen LogP contribution in [0.3, 0.4) is 0 Å². The molecule has 0 radical (unpaired) electrons. The van der Waals surface area contributed by atoms with Crippen LogP contribution in [0.5, 0.6) is 0 Å². The predicted molar refractivity (Wildman–Crippen MR) is 69.1 cm³/mol. The lowest BCUT2D eigenvalue weighted by Crippen LogP contribution is -2.03. The van der Waals surface area contributed by atoms with Crippen LogP contribution in [0.2, 0.25) is 5.02 Å². The summed E-state index contributed by atoms with van der Waals surface area (Å²) >= 11 is 5.80. The summed E-state index contributed by atoms with van der Waals surface area (Å²) in [5.41, 5.74) is 2.87. The summed E-state index contributed by atoms with van der Waals surface area (Å²) in [6.45, 7) is 1.99. The Labute approximate surface area is 106 Å². The molecule has 0 aliphatic rings. The fourth-order valence-electron chi connectivity index (χ4n) is 1.62. The van der Waals surface area contributed by atoms with Gasteiger partial charge in [-0.2, -0.15) is 0 Å². The van der Waals surface area contributed by atoms with Gasteiger partial charge in [0, 0.05) is 23.3 Å². The second-order valence-corrected chi connectivity index (χ2v) is 4.53. The number of hydrogen-bond acceptors (Lipinski definition) is 2. The number of aliphatic hydroxyl groups is 1. The normalized spacial score (nSPS) is 12.4. The molecule has 0 amide bonds. The molecule has 0 saturated carbocycles. The molecule has 88 valence electrons. The topological polar surface area (TPSA) is 33.1 Å². The van der Waals surface area contributed by atoms with Crippen LogP contribution in [0, 0.1) is 6.92 Å². The van der Waals surface area contributed by atoms with Gasteiger partial charge < -0.3 is 5.11 Å². The number of aromatic nitrogens is 1. The van der Waals surface area contributed by atoms with Crippen molar-refractivity contribution in [3.05, 3.63) is 64.4 Å². The molecule has 0 fully saturated rings. The smallest absolute Gasteiger partial charge is 0.0845 e. The summed E-state index contributed by atoms with van der Waals surface area (Å²) in [6.07, 6.45) is 1.79. The van der Waals surface area contributed by atoms with E-state index in [1.807, 2.05) is 37.4 Å². The fraction of sp³-hybridized carbons (Fsp3) is 0.214. The summed E-state index contributed by atoms with van der Waals surface area (Å²) < 4.78 is 0. The fourth-order valence-corrected chi connectivity index (χ4v) is 1.75. The minimum absolute atomic E-state index is 0.516. The van der Waals surface area contributed by atoms with Crippen LogP contribution in [0.25, 0.3) is 0 Å². The average Bonchev–Trinajstić information content (AvgIpc) is 2.33. The summed E-state index contributed by atoms with van der Waals surface area (Å²) in [5.74, 6) is 0. The van der Waals surface area contributed by atoms with Crippen LogP contribution in [0.4, 0.5) is 0 Å². The highest BCUT2D eigenvalue weighted by Crippen LogP contribution is 2.19. The first-order chi connectivity index (χ1) is 8.15. The molecule has 0 saturated heterocycles. The molecule has 0 aliphatic carbocycles. The first-order valence-corrected chi connectivity index (χ1v) is 5.88. The number of halogens is 1. The zero-order valence-corrected chi connectivity index (χ0v) is 10.4. The lowest BCUT2D eigenvalue weighted by molar-refractivity contribution is 0.177. The maximum absolute atomic E-state index is 10.1. The highest BCUT2D eigenvalue weighted by atomic mass is 35.5. The molecular formula is C14H14ClNO. The Balaban J connectivity index is 2.08. The number of pyridine rings is 1. The van der Waals surface area contributed by atoms with Gasteiger partial charge in [0.2, 0.25) is 0 Å². The van der Waals surface area contributed by atoms with Crippen molar-refractivity contribution >= 4 is 11.6 Å². The standard InChI is InChI=1S/C14H14ClNO/c1-10-2-7-13(16-9-10)8-14(17)11-3-5-12(15)6-4-11/h2-7,9,14,17H,8H2,1H3. The molecule has 1 N–H and O–H groups in total. The van der Waals surface area contributed by atoms with Gasteiger partial charge >= 0.3 is 0 Å². The van der Waals surface area contributed by atoms with E-state index in [1.165, 1.54) is 0 Å². The monoisotopic (exact) mass is 247 g/mol. The van der Waals surface area contributed by atoms with Crippen LogP contribution in [0.15, 0.2) is 42.6 Å². The first kappa shape index (κ1) is 12.1. The van der Waals surface area contributed by atoms with E-state index in [-0.39, 0.29) is 0 Å². The van der Waals surface area contributed by atoms with Crippen molar-refractivity contribution in [2.45, 2.75) is 19.4 Å². The van der Waals surface area contributed by atoms with Crippen LogP contribution in [-0.4, -0.2) is 10.1 Å². The van der Waals surface area contributed by atoms with Gasteiger partial charge in [-0.15, -0.1) is 0 Å². The van der Waals surface area contributed by atoms with Crippen LogP contribution in [-0.2, 0) is 6.42 Å². The number of hydrogen-bond donors (Lipinski definition) is 1. The van der Waals surface area contributed by atoms with Crippen molar-refractivity contribution in [3.8, 4) is 0 Å². The number of aliphatic hydroxyl groups excluding tert-OH is 1. The summed E-state index contributed by atoms with van der Waals surface area (Å²) in [4.78, 5) is 4.28. The minimum atomic E-state index is -0.539. The van der Waals surface area contributed by atoms with Crippen molar-refractivity contribution in [2.75, 3.05) is 0 Å². The number of nitrogens with zero attached hydrogens (tertiary/aromatic N) is 1. The Morgan fingerprint density at radius 1 is 1.18 bits per heavy atom. The third-order valence-electron chi connectivity index (χ3n) is 2.63. The van der Waals surface area contributed by atoms with Crippen molar-refractivity contribution in [3.63, 3.8) is 0 Å². The third-order valence-corrected chi connectivity index (χ3v) is 2.88. The lowest BCUT2D eigenvalue weighted by atomic mass is 10.0. The molecule has 1 heterocycles. The number of aryl methyl sites for hydroxylation is 1. The first-order valence-electron chi connectivity index (χ1n) is 5.50. The Hall–Kier alpha value is -1.38. The van der Waals surface area contributed by atoms with Gasteiger partial charge in [-0.3, -0.25) is 4.98 Å². The summed E-state index contributed by atoms with van der Waals surface area (Å²) in [5, 5.41) is 10.7. The van der Waals surface area contributed by atoms with Gasteiger partial charge in [0.25, 0.3) is 0 Å². The van der Waals surface area contributed by atoms with E-state index in [1.54, 1.807) is 12.1 Å². The molecule has 0 spiro atoms. The predicted octanol–water partition coefficient (Wildman–Crippen LogP) is 3.32. The number of rotatable bonds is 3. The highest BCUT2D eigenvalue weighted by molar-refractivity contribution is 6.30.